The fourth-order valence-electron chi connectivity index (χ4n) is 3.93. The van der Waals surface area contributed by atoms with Gasteiger partial charge in [0.1, 0.15) is 0 Å². The molecule has 31 heavy (non-hydrogen) atoms. The number of amides is 2. The molecule has 1 fully saturated rings. The van der Waals surface area contributed by atoms with Crippen LogP contribution in [0.25, 0.3) is 11.8 Å². The maximum absolute atomic E-state index is 12.9. The van der Waals surface area contributed by atoms with Crippen LogP contribution in [0.5, 0.6) is 0 Å². The molecule has 0 aliphatic carbocycles. The molecule has 5 heteroatoms. The molecule has 1 saturated heterocycles. The van der Waals surface area contributed by atoms with Gasteiger partial charge in [0.15, 0.2) is 0 Å². The third kappa shape index (κ3) is 4.37. The van der Waals surface area contributed by atoms with Gasteiger partial charge in [-0.1, -0.05) is 49.4 Å². The highest BCUT2D eigenvalue weighted by molar-refractivity contribution is 8.18. The lowest BCUT2D eigenvalue weighted by atomic mass is 10.1. The maximum atomic E-state index is 12.9. The van der Waals surface area contributed by atoms with Crippen LogP contribution < -0.4 is 0 Å². The van der Waals surface area contributed by atoms with Crippen LogP contribution >= 0.6 is 11.8 Å². The van der Waals surface area contributed by atoms with Crippen LogP contribution in [0.1, 0.15) is 35.0 Å². The summed E-state index contributed by atoms with van der Waals surface area (Å²) in [5.74, 6) is -0.206. The second-order valence-corrected chi connectivity index (χ2v) is 8.74. The molecule has 0 spiro atoms. The maximum Gasteiger partial charge on any atom is 0.293 e. The van der Waals surface area contributed by atoms with Gasteiger partial charge in [-0.25, -0.2) is 0 Å². The van der Waals surface area contributed by atoms with Crippen molar-refractivity contribution in [2.24, 2.45) is 0 Å². The van der Waals surface area contributed by atoms with E-state index < -0.39 is 0 Å². The van der Waals surface area contributed by atoms with Gasteiger partial charge in [-0.2, -0.15) is 0 Å². The molecule has 3 aromatic rings. The van der Waals surface area contributed by atoms with Gasteiger partial charge in [0.25, 0.3) is 11.1 Å². The predicted octanol–water partition coefficient (Wildman–Crippen LogP) is 5.94. The summed E-state index contributed by atoms with van der Waals surface area (Å²) in [5.41, 5.74) is 6.63. The molecule has 158 valence electrons. The average Bonchev–Trinajstić information content (AvgIpc) is 3.21. The summed E-state index contributed by atoms with van der Waals surface area (Å²) in [7, 11) is 0. The largest absolute Gasteiger partial charge is 0.318 e. The first-order valence-corrected chi connectivity index (χ1v) is 11.4. The summed E-state index contributed by atoms with van der Waals surface area (Å²) in [6, 6.07) is 20.5. The van der Waals surface area contributed by atoms with Crippen LogP contribution in [-0.2, 0) is 17.6 Å². The number of imide groups is 1. The van der Waals surface area contributed by atoms with Crippen molar-refractivity contribution in [1.82, 2.24) is 9.47 Å². The van der Waals surface area contributed by atoms with Crippen LogP contribution in [0, 0.1) is 13.8 Å². The van der Waals surface area contributed by atoms with E-state index in [0.29, 0.717) is 17.9 Å². The first kappa shape index (κ1) is 21.2. The minimum atomic E-state index is -0.206. The van der Waals surface area contributed by atoms with Gasteiger partial charge in [0.2, 0.25) is 0 Å². The lowest BCUT2D eigenvalue weighted by Gasteiger charge is -2.12. The quantitative estimate of drug-likeness (QED) is 0.455. The van der Waals surface area contributed by atoms with Gasteiger partial charge >= 0.3 is 0 Å². The number of aromatic nitrogens is 1. The number of hydrogen-bond acceptors (Lipinski definition) is 3. The zero-order valence-corrected chi connectivity index (χ0v) is 18.9. The number of thioether (sulfide) groups is 1. The zero-order chi connectivity index (χ0) is 22.0. The third-order valence-corrected chi connectivity index (χ3v) is 6.61. The number of nitrogens with zero attached hydrogens (tertiary/aromatic N) is 2. The monoisotopic (exact) mass is 430 g/mol. The molecule has 1 aliphatic heterocycles. The van der Waals surface area contributed by atoms with E-state index in [4.69, 9.17) is 0 Å². The Morgan fingerprint density at radius 3 is 2.32 bits per heavy atom. The Balaban J connectivity index is 1.56. The van der Waals surface area contributed by atoms with Crippen LogP contribution in [0.15, 0.2) is 65.6 Å². The SMILES string of the molecule is CCc1ccc(-n2c(C)cc(/C=C3\SC(=O)N(CCc4ccccc4)C3=O)c2C)cc1. The van der Waals surface area contributed by atoms with Gasteiger partial charge in [-0.05, 0) is 79.4 Å². The second-order valence-electron chi connectivity index (χ2n) is 7.75. The topological polar surface area (TPSA) is 42.3 Å². The molecule has 0 radical (unpaired) electrons. The van der Waals surface area contributed by atoms with E-state index in [2.05, 4.69) is 48.7 Å². The summed E-state index contributed by atoms with van der Waals surface area (Å²) >= 11 is 1.03. The van der Waals surface area contributed by atoms with E-state index in [-0.39, 0.29) is 11.1 Å². The first-order chi connectivity index (χ1) is 15.0. The van der Waals surface area contributed by atoms with E-state index in [0.717, 1.165) is 46.4 Å². The van der Waals surface area contributed by atoms with Crippen molar-refractivity contribution in [3.8, 4) is 5.69 Å². The van der Waals surface area contributed by atoms with Crippen LogP contribution in [0.4, 0.5) is 4.79 Å². The molecule has 2 amide bonds. The second kappa shape index (κ2) is 8.98. The number of carbonyl (C=O) groups excluding carboxylic acids is 2. The van der Waals surface area contributed by atoms with Crippen LogP contribution in [-0.4, -0.2) is 27.2 Å². The van der Waals surface area contributed by atoms with Gasteiger partial charge in [-0.15, -0.1) is 0 Å². The molecule has 2 heterocycles. The van der Waals surface area contributed by atoms with Crippen molar-refractivity contribution in [3.63, 3.8) is 0 Å². The molecule has 1 aromatic heterocycles. The lowest BCUT2D eigenvalue weighted by molar-refractivity contribution is -0.122. The Labute approximate surface area is 187 Å². The van der Waals surface area contributed by atoms with Crippen molar-refractivity contribution >= 4 is 29.0 Å². The summed E-state index contributed by atoms with van der Waals surface area (Å²) < 4.78 is 2.19. The highest BCUT2D eigenvalue weighted by Crippen LogP contribution is 2.34. The van der Waals surface area contributed by atoms with E-state index >= 15 is 0 Å². The van der Waals surface area contributed by atoms with Gasteiger partial charge in [0.05, 0.1) is 4.91 Å². The van der Waals surface area contributed by atoms with Crippen LogP contribution in [0.2, 0.25) is 0 Å². The number of aryl methyl sites for hydroxylation is 2. The van der Waals surface area contributed by atoms with Gasteiger partial charge in [-0.3, -0.25) is 14.5 Å². The van der Waals surface area contributed by atoms with Crippen molar-refractivity contribution in [2.75, 3.05) is 6.54 Å². The third-order valence-electron chi connectivity index (χ3n) is 5.70. The van der Waals surface area contributed by atoms with Crippen molar-refractivity contribution in [2.45, 2.75) is 33.6 Å². The first-order valence-electron chi connectivity index (χ1n) is 10.6. The molecular formula is C26H26N2O2S. The fraction of sp³-hybridized carbons (Fsp3) is 0.231. The van der Waals surface area contributed by atoms with Crippen molar-refractivity contribution in [1.29, 1.82) is 0 Å². The van der Waals surface area contributed by atoms with Crippen LogP contribution in [0.3, 0.4) is 0 Å². The smallest absolute Gasteiger partial charge is 0.293 e. The Morgan fingerprint density at radius 2 is 1.65 bits per heavy atom. The van der Waals surface area contributed by atoms with Gasteiger partial charge in [0, 0.05) is 23.6 Å². The van der Waals surface area contributed by atoms with Crippen molar-refractivity contribution < 1.29 is 9.59 Å². The molecule has 0 unspecified atom stereocenters. The summed E-state index contributed by atoms with van der Waals surface area (Å²) in [6.07, 6.45) is 3.52. The highest BCUT2D eigenvalue weighted by Gasteiger charge is 2.34. The van der Waals surface area contributed by atoms with E-state index in [1.165, 1.54) is 10.5 Å². The normalized spacial score (nSPS) is 15.3. The number of rotatable bonds is 6. The minimum Gasteiger partial charge on any atom is -0.318 e. The Hall–Kier alpha value is -3.05. The summed E-state index contributed by atoms with van der Waals surface area (Å²) in [5, 5.41) is -0.198. The molecule has 0 saturated carbocycles. The summed E-state index contributed by atoms with van der Waals surface area (Å²) in [6.45, 7) is 6.65. The zero-order valence-electron chi connectivity index (χ0n) is 18.1. The standard InChI is InChI=1S/C26H26N2O2S/c1-4-20-10-12-23(13-11-20)28-18(2)16-22(19(28)3)17-24-25(29)27(26(30)31-24)15-14-21-8-6-5-7-9-21/h5-13,16-17H,4,14-15H2,1-3H3/b24-17-. The van der Waals surface area contributed by atoms with E-state index in [9.17, 15) is 9.59 Å². The minimum absolute atomic E-state index is 0.198. The fourth-order valence-corrected chi connectivity index (χ4v) is 4.79. The Kier molecular flexibility index (Phi) is 6.14. The molecular weight excluding hydrogens is 404 g/mol. The average molecular weight is 431 g/mol. The molecule has 0 bridgehead atoms. The molecule has 1 aliphatic rings. The molecule has 0 atom stereocenters. The van der Waals surface area contributed by atoms with Crippen molar-refractivity contribution in [3.05, 3.63) is 93.6 Å². The number of carbonyl (C=O) groups is 2. The predicted molar refractivity (Wildman–Crippen MR) is 127 cm³/mol. The highest BCUT2D eigenvalue weighted by atomic mass is 32.2. The lowest BCUT2D eigenvalue weighted by Crippen LogP contribution is -2.30. The molecule has 4 rings (SSSR count). The molecule has 2 aromatic carbocycles. The number of benzene rings is 2. The molecule has 0 N–H and O–H groups in total. The summed E-state index contributed by atoms with van der Waals surface area (Å²) in [4.78, 5) is 27.2. The van der Waals surface area contributed by atoms with E-state index in [1.807, 2.05) is 43.3 Å². The number of hydrogen-bond donors (Lipinski definition) is 0. The Bertz CT molecular complexity index is 1140. The Morgan fingerprint density at radius 1 is 0.935 bits per heavy atom. The van der Waals surface area contributed by atoms with E-state index in [1.54, 1.807) is 0 Å². The van der Waals surface area contributed by atoms with Gasteiger partial charge < -0.3 is 4.57 Å². The molecule has 4 nitrogen and oxygen atoms in total.